The third kappa shape index (κ3) is 2.76. The summed E-state index contributed by atoms with van der Waals surface area (Å²) >= 11 is 0. The minimum Gasteiger partial charge on any atom is -0.481 e. The molecule has 0 saturated heterocycles. The van der Waals surface area contributed by atoms with E-state index in [0.29, 0.717) is 12.5 Å². The van der Waals surface area contributed by atoms with Crippen LogP contribution in [-0.2, 0) is 4.79 Å². The molecule has 2 N–H and O–H groups in total. The van der Waals surface area contributed by atoms with Crippen LogP contribution in [0.4, 0.5) is 0 Å². The maximum absolute atomic E-state index is 11.2. The summed E-state index contributed by atoms with van der Waals surface area (Å²) < 4.78 is 0. The molecule has 0 heterocycles. The number of hydrogen-bond acceptors (Lipinski definition) is 2. The Morgan fingerprint density at radius 1 is 1.44 bits per heavy atom. The third-order valence-corrected chi connectivity index (χ3v) is 4.37. The van der Waals surface area contributed by atoms with E-state index >= 15 is 0 Å². The van der Waals surface area contributed by atoms with Crippen molar-refractivity contribution in [1.82, 2.24) is 5.32 Å². The maximum Gasteiger partial charge on any atom is 0.310 e. The van der Waals surface area contributed by atoms with Gasteiger partial charge >= 0.3 is 5.97 Å². The molecule has 0 spiro atoms. The number of rotatable bonds is 6. The molecule has 3 heteroatoms. The molecule has 0 amide bonds. The summed E-state index contributed by atoms with van der Waals surface area (Å²) in [5.74, 6) is -0.0317. The van der Waals surface area contributed by atoms with E-state index in [1.54, 1.807) is 0 Å². The molecule has 0 aromatic carbocycles. The molecular formula is C13H25NO2. The van der Waals surface area contributed by atoms with Gasteiger partial charge in [0.15, 0.2) is 0 Å². The van der Waals surface area contributed by atoms with Gasteiger partial charge in [0.2, 0.25) is 0 Å². The molecule has 3 nitrogen and oxygen atoms in total. The SMILES string of the molecule is CC(C)C(C)(C)CNCC1(C(=O)O)CCC1. The zero-order valence-corrected chi connectivity index (χ0v) is 11.0. The second-order valence-corrected chi connectivity index (χ2v) is 6.19. The van der Waals surface area contributed by atoms with E-state index < -0.39 is 11.4 Å². The molecule has 0 aromatic heterocycles. The van der Waals surface area contributed by atoms with Crippen LogP contribution in [0.3, 0.4) is 0 Å². The van der Waals surface area contributed by atoms with Crippen LogP contribution < -0.4 is 5.32 Å². The van der Waals surface area contributed by atoms with Gasteiger partial charge in [0, 0.05) is 13.1 Å². The van der Waals surface area contributed by atoms with Crippen LogP contribution in [0.2, 0.25) is 0 Å². The number of aliphatic carboxylic acids is 1. The quantitative estimate of drug-likeness (QED) is 0.733. The summed E-state index contributed by atoms with van der Waals surface area (Å²) in [7, 11) is 0. The minimum absolute atomic E-state index is 0.226. The fourth-order valence-electron chi connectivity index (χ4n) is 1.90. The van der Waals surface area contributed by atoms with Gasteiger partial charge in [-0.15, -0.1) is 0 Å². The molecule has 1 saturated carbocycles. The Kier molecular flexibility index (Phi) is 4.00. The van der Waals surface area contributed by atoms with E-state index in [-0.39, 0.29) is 5.41 Å². The number of carboxylic acid groups (broad SMARTS) is 1. The Hall–Kier alpha value is -0.570. The van der Waals surface area contributed by atoms with Gasteiger partial charge in [-0.2, -0.15) is 0 Å². The lowest BCUT2D eigenvalue weighted by Crippen LogP contribution is -2.48. The highest BCUT2D eigenvalue weighted by atomic mass is 16.4. The van der Waals surface area contributed by atoms with Gasteiger partial charge in [-0.3, -0.25) is 4.79 Å². The number of hydrogen-bond donors (Lipinski definition) is 2. The highest BCUT2D eigenvalue weighted by Crippen LogP contribution is 2.40. The van der Waals surface area contributed by atoms with Gasteiger partial charge in [0.05, 0.1) is 5.41 Å². The number of carbonyl (C=O) groups is 1. The van der Waals surface area contributed by atoms with Gasteiger partial charge < -0.3 is 10.4 Å². The van der Waals surface area contributed by atoms with Gasteiger partial charge in [-0.25, -0.2) is 0 Å². The molecular weight excluding hydrogens is 202 g/mol. The molecule has 0 aliphatic heterocycles. The molecule has 0 unspecified atom stereocenters. The standard InChI is InChI=1S/C13H25NO2/c1-10(2)12(3,4)8-14-9-13(11(15)16)6-5-7-13/h10,14H,5-9H2,1-4H3,(H,15,16). The first-order valence-electron chi connectivity index (χ1n) is 6.24. The van der Waals surface area contributed by atoms with Gasteiger partial charge in [-0.1, -0.05) is 34.1 Å². The van der Waals surface area contributed by atoms with E-state index in [4.69, 9.17) is 0 Å². The van der Waals surface area contributed by atoms with Gasteiger partial charge in [-0.05, 0) is 24.2 Å². The van der Waals surface area contributed by atoms with E-state index in [9.17, 15) is 9.90 Å². The predicted octanol–water partition coefficient (Wildman–Crippen LogP) is 2.51. The van der Waals surface area contributed by atoms with Crippen LogP contribution in [-0.4, -0.2) is 24.2 Å². The number of carboxylic acids is 1. The Morgan fingerprint density at radius 2 is 2.00 bits per heavy atom. The van der Waals surface area contributed by atoms with Crippen LogP contribution >= 0.6 is 0 Å². The van der Waals surface area contributed by atoms with Crippen molar-refractivity contribution in [3.05, 3.63) is 0 Å². The molecule has 0 aromatic rings. The summed E-state index contributed by atoms with van der Waals surface area (Å²) in [6, 6.07) is 0. The zero-order chi connectivity index (χ0) is 12.4. The summed E-state index contributed by atoms with van der Waals surface area (Å²) in [5.41, 5.74) is -0.240. The topological polar surface area (TPSA) is 49.3 Å². The van der Waals surface area contributed by atoms with Gasteiger partial charge in [0.1, 0.15) is 0 Å². The largest absolute Gasteiger partial charge is 0.481 e. The molecule has 1 fully saturated rings. The van der Waals surface area contributed by atoms with Crippen LogP contribution in [0.5, 0.6) is 0 Å². The molecule has 94 valence electrons. The summed E-state index contributed by atoms with van der Waals surface area (Å²) in [4.78, 5) is 11.2. The fourth-order valence-corrected chi connectivity index (χ4v) is 1.90. The molecule has 0 bridgehead atoms. The van der Waals surface area contributed by atoms with Crippen molar-refractivity contribution in [2.24, 2.45) is 16.7 Å². The Labute approximate surface area is 98.6 Å². The van der Waals surface area contributed by atoms with Crippen molar-refractivity contribution in [3.63, 3.8) is 0 Å². The Morgan fingerprint density at radius 3 is 2.31 bits per heavy atom. The second-order valence-electron chi connectivity index (χ2n) is 6.19. The average Bonchev–Trinajstić information content (AvgIpc) is 2.08. The van der Waals surface area contributed by atoms with Gasteiger partial charge in [0.25, 0.3) is 0 Å². The molecule has 1 rings (SSSR count). The summed E-state index contributed by atoms with van der Waals surface area (Å²) in [5, 5.41) is 12.5. The minimum atomic E-state index is -0.631. The third-order valence-electron chi connectivity index (χ3n) is 4.37. The second kappa shape index (κ2) is 4.74. The van der Waals surface area contributed by atoms with Crippen LogP contribution in [0.15, 0.2) is 0 Å². The van der Waals surface area contributed by atoms with E-state index in [1.807, 2.05) is 0 Å². The Balaban J connectivity index is 2.38. The normalized spacial score (nSPS) is 19.6. The van der Waals surface area contributed by atoms with Crippen molar-refractivity contribution in [2.75, 3.05) is 13.1 Å². The monoisotopic (exact) mass is 227 g/mol. The Bertz CT molecular complexity index is 255. The average molecular weight is 227 g/mol. The van der Waals surface area contributed by atoms with Crippen LogP contribution in [0.25, 0.3) is 0 Å². The molecule has 16 heavy (non-hydrogen) atoms. The summed E-state index contributed by atoms with van der Waals surface area (Å²) in [6.07, 6.45) is 2.72. The van der Waals surface area contributed by atoms with E-state index in [1.165, 1.54) is 0 Å². The van der Waals surface area contributed by atoms with E-state index in [0.717, 1.165) is 25.8 Å². The first-order chi connectivity index (χ1) is 7.30. The van der Waals surface area contributed by atoms with Crippen molar-refractivity contribution in [1.29, 1.82) is 0 Å². The summed E-state index contributed by atoms with van der Waals surface area (Å²) in [6.45, 7) is 10.4. The molecule has 0 atom stereocenters. The zero-order valence-electron chi connectivity index (χ0n) is 11.0. The highest BCUT2D eigenvalue weighted by Gasteiger charge is 2.44. The molecule has 1 aliphatic carbocycles. The smallest absolute Gasteiger partial charge is 0.310 e. The van der Waals surface area contributed by atoms with Crippen molar-refractivity contribution in [2.45, 2.75) is 47.0 Å². The van der Waals surface area contributed by atoms with Crippen LogP contribution in [0.1, 0.15) is 47.0 Å². The lowest BCUT2D eigenvalue weighted by Gasteiger charge is -2.39. The van der Waals surface area contributed by atoms with E-state index in [2.05, 4.69) is 33.0 Å². The van der Waals surface area contributed by atoms with Crippen molar-refractivity contribution in [3.8, 4) is 0 Å². The molecule has 0 radical (unpaired) electrons. The van der Waals surface area contributed by atoms with Crippen molar-refractivity contribution >= 4 is 5.97 Å². The molecule has 1 aliphatic rings. The predicted molar refractivity (Wildman–Crippen MR) is 65.4 cm³/mol. The lowest BCUT2D eigenvalue weighted by atomic mass is 9.68. The first-order valence-corrected chi connectivity index (χ1v) is 6.24. The fraction of sp³-hybridized carbons (Fsp3) is 0.923. The van der Waals surface area contributed by atoms with Crippen molar-refractivity contribution < 1.29 is 9.90 Å². The highest BCUT2D eigenvalue weighted by molar-refractivity contribution is 5.76. The lowest BCUT2D eigenvalue weighted by molar-refractivity contribution is -0.154. The van der Waals surface area contributed by atoms with Crippen LogP contribution in [0, 0.1) is 16.7 Å². The maximum atomic E-state index is 11.2. The first kappa shape index (κ1) is 13.5. The number of nitrogens with one attached hydrogen (secondary N) is 1.